The first-order chi connectivity index (χ1) is 8.32. The van der Waals surface area contributed by atoms with Crippen molar-refractivity contribution in [2.75, 3.05) is 6.61 Å². The van der Waals surface area contributed by atoms with Gasteiger partial charge in [-0.05, 0) is 11.8 Å². The van der Waals surface area contributed by atoms with Gasteiger partial charge in [0.1, 0.15) is 6.61 Å². The molecule has 0 saturated carbocycles. The van der Waals surface area contributed by atoms with E-state index in [1.165, 1.54) is 25.6 Å². The van der Waals surface area contributed by atoms with Crippen molar-refractivity contribution in [3.63, 3.8) is 0 Å². The van der Waals surface area contributed by atoms with Crippen LogP contribution in [0.3, 0.4) is 0 Å². The largest absolute Gasteiger partial charge is 0.465 e. The quantitative estimate of drug-likeness (QED) is 0.779. The number of carbonyl (C=O) groups is 2. The third-order valence-electron chi connectivity index (χ3n) is 3.38. The predicted octanol–water partition coefficient (Wildman–Crippen LogP) is 1.15. The number of hydrogen-bond acceptors (Lipinski definition) is 6. The normalized spacial score (nSPS) is 35.9. The average Bonchev–Trinajstić information content (AvgIpc) is 2.27. The summed E-state index contributed by atoms with van der Waals surface area (Å²) in [6, 6.07) is -0.192. The summed E-state index contributed by atoms with van der Waals surface area (Å²) in [6.07, 6.45) is 0. The van der Waals surface area contributed by atoms with Crippen LogP contribution in [-0.4, -0.2) is 35.3 Å². The van der Waals surface area contributed by atoms with Gasteiger partial charge in [0.25, 0.3) is 0 Å². The van der Waals surface area contributed by atoms with Crippen molar-refractivity contribution in [2.45, 2.75) is 44.4 Å². The molecule has 0 radical (unpaired) electrons. The summed E-state index contributed by atoms with van der Waals surface area (Å²) in [7, 11) is 0. The fourth-order valence-electron chi connectivity index (χ4n) is 1.98. The van der Waals surface area contributed by atoms with Crippen molar-refractivity contribution < 1.29 is 19.1 Å². The molecule has 18 heavy (non-hydrogen) atoms. The first-order valence-electron chi connectivity index (χ1n) is 6.04. The predicted molar refractivity (Wildman–Crippen MR) is 69.9 cm³/mol. The molecule has 1 rings (SSSR count). The molecule has 0 aromatic heterocycles. The number of thioether (sulfide) groups is 1. The lowest BCUT2D eigenvalue weighted by molar-refractivity contribution is -0.145. The molecule has 1 saturated heterocycles. The Bertz CT molecular complexity index is 321. The molecule has 104 valence electrons. The van der Waals surface area contributed by atoms with Crippen LogP contribution in [-0.2, 0) is 19.1 Å². The second-order valence-corrected chi connectivity index (χ2v) is 6.09. The van der Waals surface area contributed by atoms with Crippen molar-refractivity contribution in [3.05, 3.63) is 0 Å². The molecule has 1 aliphatic heterocycles. The third-order valence-corrected chi connectivity index (χ3v) is 4.97. The second-order valence-electron chi connectivity index (χ2n) is 4.75. The topological polar surface area (TPSA) is 78.6 Å². The highest BCUT2D eigenvalue weighted by Gasteiger charge is 2.41. The highest BCUT2D eigenvalue weighted by molar-refractivity contribution is 8.00. The number of carbonyl (C=O) groups excluding carboxylic acids is 2. The molecule has 0 spiro atoms. The van der Waals surface area contributed by atoms with Crippen LogP contribution in [0.5, 0.6) is 0 Å². The molecule has 5 nitrogen and oxygen atoms in total. The summed E-state index contributed by atoms with van der Waals surface area (Å²) >= 11 is 1.48. The molecular formula is C12H21NO4S. The summed E-state index contributed by atoms with van der Waals surface area (Å²) in [5.74, 6) is -0.127. The van der Waals surface area contributed by atoms with Crippen LogP contribution >= 0.6 is 11.8 Å². The number of nitrogens with two attached hydrogens (primary N) is 1. The summed E-state index contributed by atoms with van der Waals surface area (Å²) < 4.78 is 10.3. The summed E-state index contributed by atoms with van der Waals surface area (Å²) in [6.45, 7) is 7.20. The molecule has 0 aromatic rings. The highest BCUT2D eigenvalue weighted by atomic mass is 32.2. The van der Waals surface area contributed by atoms with Crippen molar-refractivity contribution in [1.29, 1.82) is 0 Å². The minimum absolute atomic E-state index is 0.105. The maximum Gasteiger partial charge on any atom is 0.303 e. The molecule has 5 atom stereocenters. The smallest absolute Gasteiger partial charge is 0.303 e. The van der Waals surface area contributed by atoms with Crippen molar-refractivity contribution in [3.8, 4) is 0 Å². The van der Waals surface area contributed by atoms with Crippen molar-refractivity contribution in [2.24, 2.45) is 17.6 Å². The van der Waals surface area contributed by atoms with Gasteiger partial charge in [0.2, 0.25) is 0 Å². The lowest BCUT2D eigenvalue weighted by Crippen LogP contribution is -2.51. The van der Waals surface area contributed by atoms with E-state index in [-0.39, 0.29) is 34.6 Å². The third kappa shape index (κ3) is 3.88. The molecule has 2 N–H and O–H groups in total. The number of rotatable bonds is 3. The Morgan fingerprint density at radius 1 is 1.17 bits per heavy atom. The van der Waals surface area contributed by atoms with Gasteiger partial charge in [-0.2, -0.15) is 0 Å². The zero-order valence-corrected chi connectivity index (χ0v) is 12.0. The Morgan fingerprint density at radius 3 is 2.28 bits per heavy atom. The van der Waals surface area contributed by atoms with E-state index in [9.17, 15) is 9.59 Å². The van der Waals surface area contributed by atoms with E-state index in [0.29, 0.717) is 12.5 Å². The minimum Gasteiger partial charge on any atom is -0.465 e. The molecule has 6 heteroatoms. The van der Waals surface area contributed by atoms with E-state index in [1.807, 2.05) is 6.92 Å². The van der Waals surface area contributed by atoms with Gasteiger partial charge >= 0.3 is 11.9 Å². The fraction of sp³-hybridized carbons (Fsp3) is 0.833. The van der Waals surface area contributed by atoms with Crippen LogP contribution < -0.4 is 5.73 Å². The van der Waals surface area contributed by atoms with E-state index < -0.39 is 0 Å². The van der Waals surface area contributed by atoms with Gasteiger partial charge in [-0.3, -0.25) is 9.59 Å². The zero-order valence-electron chi connectivity index (χ0n) is 11.2. The Hall–Kier alpha value is -0.750. The van der Waals surface area contributed by atoms with E-state index in [0.717, 1.165) is 0 Å². The average molecular weight is 275 g/mol. The van der Waals surface area contributed by atoms with Gasteiger partial charge in [0.05, 0.1) is 6.04 Å². The molecule has 0 bridgehead atoms. The maximum atomic E-state index is 11.0. The molecule has 1 fully saturated rings. The standard InChI is InChI=1S/C12H21NO4S/c1-6-7(2)11(13)12(17-9(4)15)18-10(6)5-16-8(3)14/h6-7,10-12H,5,13H2,1-4H3/t6-,7-,10?,11?,12-/m0/s1. The van der Waals surface area contributed by atoms with Gasteiger partial charge in [0, 0.05) is 19.1 Å². The molecule has 2 unspecified atom stereocenters. The van der Waals surface area contributed by atoms with Gasteiger partial charge in [-0.1, -0.05) is 13.8 Å². The first kappa shape index (κ1) is 15.3. The lowest BCUT2D eigenvalue weighted by Gasteiger charge is -2.41. The minimum atomic E-state index is -0.366. The van der Waals surface area contributed by atoms with Gasteiger partial charge in [0.15, 0.2) is 5.44 Å². The van der Waals surface area contributed by atoms with Crippen molar-refractivity contribution in [1.82, 2.24) is 0 Å². The van der Waals surface area contributed by atoms with Crippen LogP contribution in [0, 0.1) is 11.8 Å². The Kier molecular flexibility index (Phi) is 5.47. The lowest BCUT2D eigenvalue weighted by atomic mass is 9.86. The molecular weight excluding hydrogens is 254 g/mol. The second kappa shape index (κ2) is 6.43. The molecule has 1 heterocycles. The number of ether oxygens (including phenoxy) is 2. The van der Waals surface area contributed by atoms with Crippen molar-refractivity contribution >= 4 is 23.7 Å². The van der Waals surface area contributed by atoms with E-state index >= 15 is 0 Å². The van der Waals surface area contributed by atoms with Crippen LogP contribution in [0.2, 0.25) is 0 Å². The van der Waals surface area contributed by atoms with Crippen LogP contribution in [0.15, 0.2) is 0 Å². The fourth-order valence-corrected chi connectivity index (χ4v) is 3.59. The number of esters is 2. The van der Waals surface area contributed by atoms with E-state index in [4.69, 9.17) is 15.2 Å². The Balaban J connectivity index is 2.67. The van der Waals surface area contributed by atoms with Crippen LogP contribution in [0.25, 0.3) is 0 Å². The van der Waals surface area contributed by atoms with E-state index in [1.54, 1.807) is 0 Å². The zero-order chi connectivity index (χ0) is 13.9. The van der Waals surface area contributed by atoms with Gasteiger partial charge in [-0.15, -0.1) is 11.8 Å². The van der Waals surface area contributed by atoms with Gasteiger partial charge in [-0.25, -0.2) is 0 Å². The molecule has 1 aliphatic rings. The summed E-state index contributed by atoms with van der Waals surface area (Å²) in [5.41, 5.74) is 5.71. The highest BCUT2D eigenvalue weighted by Crippen LogP contribution is 2.39. The Morgan fingerprint density at radius 2 is 1.78 bits per heavy atom. The summed E-state index contributed by atoms with van der Waals surface area (Å²) in [4.78, 5) is 21.9. The monoisotopic (exact) mass is 275 g/mol. The van der Waals surface area contributed by atoms with Crippen LogP contribution in [0.1, 0.15) is 27.7 Å². The maximum absolute atomic E-state index is 11.0. The molecule has 0 aromatic carbocycles. The molecule has 0 aliphatic carbocycles. The SMILES string of the molecule is CC(=O)OCC1S[C@H](OC(C)=O)C(N)[C@@H](C)[C@@H]1C. The number of hydrogen-bond donors (Lipinski definition) is 1. The first-order valence-corrected chi connectivity index (χ1v) is 6.98. The van der Waals surface area contributed by atoms with Gasteiger partial charge < -0.3 is 15.2 Å². The Labute approximate surface area is 112 Å². The summed E-state index contributed by atoms with van der Waals surface area (Å²) in [5, 5.41) is 0.105. The molecule has 0 amide bonds. The van der Waals surface area contributed by atoms with E-state index in [2.05, 4.69) is 6.92 Å². The van der Waals surface area contributed by atoms with Crippen LogP contribution in [0.4, 0.5) is 0 Å².